The fraction of sp³-hybridized carbons (Fsp3) is 0.688. The maximum atomic E-state index is 14.3. The van der Waals surface area contributed by atoms with Gasteiger partial charge < -0.3 is 10.0 Å². The average molecular weight is 648 g/mol. The van der Waals surface area contributed by atoms with Crippen molar-refractivity contribution in [3.63, 3.8) is 0 Å². The van der Waals surface area contributed by atoms with Crippen molar-refractivity contribution >= 4 is 43.2 Å². The highest BCUT2D eigenvalue weighted by atomic mass is 35.5. The summed E-state index contributed by atoms with van der Waals surface area (Å²) in [4.78, 5) is 17.0. The summed E-state index contributed by atoms with van der Waals surface area (Å²) in [7, 11) is 4.10. The number of halogens is 4. The topological polar surface area (TPSA) is 61.6 Å². The first-order valence-corrected chi connectivity index (χ1v) is 14.9. The number of aryl methyl sites for hydroxylation is 2. The van der Waals surface area contributed by atoms with Crippen molar-refractivity contribution in [1.29, 1.82) is 0 Å². The first-order chi connectivity index (χ1) is 18.4. The number of benzene rings is 1. The van der Waals surface area contributed by atoms with Gasteiger partial charge in [-0.2, -0.15) is 5.10 Å². The molecule has 2 fully saturated rings. The van der Waals surface area contributed by atoms with Gasteiger partial charge in [-0.05, 0) is 106 Å². The molecule has 1 saturated carbocycles. The molecule has 1 aromatic heterocycles. The molecule has 2 aromatic rings. The smallest absolute Gasteiger partial charge is 0.321 e. The molecule has 1 aromatic carbocycles. The Labute approximate surface area is 270 Å². The molecule has 1 saturated heterocycles. The number of carboxylic acids is 1. The van der Waals surface area contributed by atoms with Gasteiger partial charge in [0.2, 0.25) is 0 Å². The summed E-state index contributed by atoms with van der Waals surface area (Å²) in [6.45, 7) is 11.3. The average Bonchev–Trinajstić information content (AvgIpc) is 3.54. The van der Waals surface area contributed by atoms with Crippen LogP contribution in [0.5, 0.6) is 0 Å². The van der Waals surface area contributed by atoms with Gasteiger partial charge >= 0.3 is 5.97 Å². The minimum atomic E-state index is -0.769. The number of carbonyl (C=O) groups is 1. The van der Waals surface area contributed by atoms with Gasteiger partial charge in [0.05, 0.1) is 5.69 Å². The van der Waals surface area contributed by atoms with Crippen LogP contribution >= 0.6 is 37.2 Å². The number of likely N-dealkylation sites (N-methyl/N-ethyl adjacent to an activating group) is 1. The van der Waals surface area contributed by atoms with E-state index in [0.717, 1.165) is 63.7 Å². The summed E-state index contributed by atoms with van der Waals surface area (Å²) in [5.74, 6) is -0.374. The second-order valence-corrected chi connectivity index (χ2v) is 13.7. The summed E-state index contributed by atoms with van der Waals surface area (Å²) in [6.07, 6.45) is 7.51. The van der Waals surface area contributed by atoms with Crippen molar-refractivity contribution in [2.45, 2.75) is 96.1 Å². The molecule has 10 heteroatoms. The molecule has 238 valence electrons. The molecule has 1 N–H and O–H groups in total. The number of aliphatic carboxylic acids is 1. The summed E-state index contributed by atoms with van der Waals surface area (Å²) in [6, 6.07) is 6.67. The van der Waals surface area contributed by atoms with E-state index in [-0.39, 0.29) is 65.8 Å². The van der Waals surface area contributed by atoms with E-state index in [4.69, 9.17) is 5.10 Å². The highest BCUT2D eigenvalue weighted by Gasteiger charge is 2.47. The monoisotopic (exact) mass is 646 g/mol. The van der Waals surface area contributed by atoms with E-state index in [1.807, 2.05) is 33.9 Å². The third-order valence-electron chi connectivity index (χ3n) is 10.2. The Balaban J connectivity index is 0.00000205. The summed E-state index contributed by atoms with van der Waals surface area (Å²) in [5.41, 5.74) is 5.20. The zero-order valence-electron chi connectivity index (χ0n) is 25.9. The van der Waals surface area contributed by atoms with Crippen LogP contribution < -0.4 is 0 Å². The molecule has 5 rings (SSSR count). The van der Waals surface area contributed by atoms with Gasteiger partial charge in [0.15, 0.2) is 0 Å². The van der Waals surface area contributed by atoms with Crippen molar-refractivity contribution in [2.24, 2.45) is 18.4 Å². The lowest BCUT2D eigenvalue weighted by atomic mass is 9.75. The maximum absolute atomic E-state index is 14.3. The van der Waals surface area contributed by atoms with Gasteiger partial charge in [0.1, 0.15) is 11.9 Å². The fourth-order valence-corrected chi connectivity index (χ4v) is 8.44. The zero-order valence-corrected chi connectivity index (χ0v) is 28.4. The van der Waals surface area contributed by atoms with Crippen molar-refractivity contribution in [1.82, 2.24) is 19.6 Å². The lowest BCUT2D eigenvalue weighted by Crippen LogP contribution is -2.51. The molecular formula is C32H50Cl3FN4O2. The first kappa shape index (κ1) is 36.8. The minimum Gasteiger partial charge on any atom is -0.480 e. The predicted molar refractivity (Wildman–Crippen MR) is 174 cm³/mol. The number of fused-ring (bicyclic) bond motifs is 2. The van der Waals surface area contributed by atoms with E-state index in [0.29, 0.717) is 5.92 Å². The highest BCUT2D eigenvalue weighted by molar-refractivity contribution is 5.86. The maximum Gasteiger partial charge on any atom is 0.321 e. The van der Waals surface area contributed by atoms with E-state index in [1.54, 1.807) is 6.07 Å². The molecule has 3 aliphatic rings. The number of likely N-dealkylation sites (tertiary alicyclic amines) is 1. The first-order valence-electron chi connectivity index (χ1n) is 14.9. The molecule has 6 nitrogen and oxygen atoms in total. The Morgan fingerprint density at radius 1 is 1.17 bits per heavy atom. The van der Waals surface area contributed by atoms with Crippen molar-refractivity contribution in [3.05, 3.63) is 52.6 Å². The Bertz CT molecular complexity index is 1210. The van der Waals surface area contributed by atoms with Crippen LogP contribution in [0.25, 0.3) is 0 Å². The molecule has 1 aliphatic heterocycles. The fourth-order valence-electron chi connectivity index (χ4n) is 8.44. The molecule has 0 radical (unpaired) electrons. The van der Waals surface area contributed by atoms with Gasteiger partial charge in [-0.1, -0.05) is 39.8 Å². The van der Waals surface area contributed by atoms with Crippen molar-refractivity contribution in [2.75, 3.05) is 26.7 Å². The molecule has 1 spiro atoms. The van der Waals surface area contributed by atoms with Crippen LogP contribution in [-0.4, -0.2) is 69.4 Å². The number of hydrogen-bond donors (Lipinski definition) is 1. The van der Waals surface area contributed by atoms with E-state index in [9.17, 15) is 14.3 Å². The van der Waals surface area contributed by atoms with E-state index < -0.39 is 12.0 Å². The normalized spacial score (nSPS) is 24.0. The largest absolute Gasteiger partial charge is 0.480 e. The number of carboxylic acid groups (broad SMARTS) is 1. The Kier molecular flexibility index (Phi) is 12.4. The molecule has 42 heavy (non-hydrogen) atoms. The zero-order chi connectivity index (χ0) is 28.1. The summed E-state index contributed by atoms with van der Waals surface area (Å²) < 4.78 is 16.5. The van der Waals surface area contributed by atoms with Gasteiger partial charge in [0.25, 0.3) is 0 Å². The Morgan fingerprint density at radius 3 is 2.40 bits per heavy atom. The van der Waals surface area contributed by atoms with Crippen LogP contribution in [0.4, 0.5) is 4.39 Å². The van der Waals surface area contributed by atoms with Crippen molar-refractivity contribution < 1.29 is 14.3 Å². The highest BCUT2D eigenvalue weighted by Crippen LogP contribution is 2.48. The molecule has 0 bridgehead atoms. The van der Waals surface area contributed by atoms with Crippen LogP contribution in [0.2, 0.25) is 0 Å². The lowest BCUT2D eigenvalue weighted by molar-refractivity contribution is -0.148. The second-order valence-electron chi connectivity index (χ2n) is 13.7. The summed E-state index contributed by atoms with van der Waals surface area (Å²) in [5, 5.41) is 14.9. The molecule has 0 unspecified atom stereocenters. The van der Waals surface area contributed by atoms with Crippen LogP contribution in [0, 0.1) is 17.2 Å². The number of piperidine rings is 1. The van der Waals surface area contributed by atoms with Crippen LogP contribution in [0.3, 0.4) is 0 Å². The quantitative estimate of drug-likeness (QED) is 0.364. The Hall–Kier alpha value is -1.38. The minimum absolute atomic E-state index is 0. The van der Waals surface area contributed by atoms with E-state index >= 15 is 0 Å². The van der Waals surface area contributed by atoms with Crippen LogP contribution in [0.15, 0.2) is 24.3 Å². The van der Waals surface area contributed by atoms with Crippen LogP contribution in [0.1, 0.15) is 88.2 Å². The predicted octanol–water partition coefficient (Wildman–Crippen LogP) is 6.66. The molecule has 4 atom stereocenters. The lowest BCUT2D eigenvalue weighted by Gasteiger charge is -2.41. The van der Waals surface area contributed by atoms with Gasteiger partial charge in [-0.15, -0.1) is 37.2 Å². The van der Waals surface area contributed by atoms with E-state index in [1.165, 1.54) is 29.4 Å². The molecular weight excluding hydrogens is 598 g/mol. The third kappa shape index (κ3) is 6.96. The number of nitrogens with zero attached hydrogens (tertiary/aromatic N) is 4. The molecule has 2 aliphatic carbocycles. The SMILES string of the molecule is CCc1nn(C)c2c1CCC21CCN(C[C@H]2C[C@H](N(C)[C@@H](C(=O)O)C(C)(C)C)C[C@@H]2c2cccc(F)c2)CC1.Cl.Cl.Cl. The van der Waals surface area contributed by atoms with Gasteiger partial charge in [0, 0.05) is 30.7 Å². The number of aromatic nitrogens is 2. The van der Waals surface area contributed by atoms with Crippen LogP contribution in [-0.2, 0) is 30.1 Å². The molecule has 0 amide bonds. The summed E-state index contributed by atoms with van der Waals surface area (Å²) >= 11 is 0. The third-order valence-corrected chi connectivity index (χ3v) is 10.2. The standard InChI is InChI=1S/C32H47FN4O2.3ClH/c1-7-27-25-11-12-32(28(25)36(6)34-27)13-15-37(16-14-32)20-22-18-24(35(5)29(30(38)39)31(2,3)4)19-26(22)21-9-8-10-23(33)17-21;;;/h8-10,17,22,24,26,29H,7,11-16,18-20H2,1-6H3,(H,38,39);3*1H/t22-,24+,26-,29+;;;/m1.../s1. The number of rotatable bonds is 7. The van der Waals surface area contributed by atoms with Crippen molar-refractivity contribution in [3.8, 4) is 0 Å². The second kappa shape index (κ2) is 14.2. The van der Waals surface area contributed by atoms with E-state index in [2.05, 4.69) is 34.5 Å². The van der Waals surface area contributed by atoms with Gasteiger partial charge in [-0.25, -0.2) is 4.39 Å². The molecule has 2 heterocycles. The van der Waals surface area contributed by atoms with Gasteiger partial charge in [-0.3, -0.25) is 14.4 Å². The Morgan fingerprint density at radius 2 is 1.83 bits per heavy atom. The number of hydrogen-bond acceptors (Lipinski definition) is 4.